The fraction of sp³-hybridized carbons (Fsp3) is 0.786. The Labute approximate surface area is 125 Å². The lowest BCUT2D eigenvalue weighted by Crippen LogP contribution is -2.42. The number of hydrogen-bond donors (Lipinski definition) is 4. The number of amides is 3. The zero-order chi connectivity index (χ0) is 15.5. The van der Waals surface area contributed by atoms with Crippen LogP contribution in [0.4, 0.5) is 0 Å². The molecule has 0 heterocycles. The van der Waals surface area contributed by atoms with Crippen molar-refractivity contribution in [3.63, 3.8) is 0 Å². The third-order valence-electron chi connectivity index (χ3n) is 3.60. The number of nitrogens with two attached hydrogens (primary N) is 1. The summed E-state index contributed by atoms with van der Waals surface area (Å²) in [7, 11) is 0. The third kappa shape index (κ3) is 8.29. The van der Waals surface area contributed by atoms with Gasteiger partial charge in [-0.2, -0.15) is 0 Å². The predicted octanol–water partition coefficient (Wildman–Crippen LogP) is -0.736. The van der Waals surface area contributed by atoms with Crippen molar-refractivity contribution in [2.24, 2.45) is 11.7 Å². The van der Waals surface area contributed by atoms with Gasteiger partial charge in [-0.3, -0.25) is 14.4 Å². The lowest BCUT2D eigenvalue weighted by molar-refractivity contribution is -0.125. The van der Waals surface area contributed by atoms with Gasteiger partial charge in [-0.1, -0.05) is 19.3 Å². The van der Waals surface area contributed by atoms with Crippen molar-refractivity contribution in [2.75, 3.05) is 26.2 Å². The minimum absolute atomic E-state index is 0.0487. The van der Waals surface area contributed by atoms with E-state index < -0.39 is 0 Å². The maximum Gasteiger partial charge on any atom is 0.239 e. The van der Waals surface area contributed by atoms with E-state index in [4.69, 9.17) is 5.73 Å². The Hall–Kier alpha value is -1.63. The van der Waals surface area contributed by atoms with Crippen molar-refractivity contribution in [1.29, 1.82) is 0 Å². The van der Waals surface area contributed by atoms with Gasteiger partial charge in [0.25, 0.3) is 0 Å². The lowest BCUT2D eigenvalue weighted by atomic mass is 9.87. The van der Waals surface area contributed by atoms with Crippen LogP contribution in [0.2, 0.25) is 0 Å². The predicted molar refractivity (Wildman–Crippen MR) is 79.3 cm³/mol. The molecule has 5 N–H and O–H groups in total. The molecule has 0 atom stereocenters. The minimum atomic E-state index is -0.370. The highest BCUT2D eigenvalue weighted by atomic mass is 16.2. The SMILES string of the molecule is NCC(=O)NCC(=O)NCCNC(=O)CC1CCCCC1. The molecule has 7 heteroatoms. The first kappa shape index (κ1) is 17.4. The Balaban J connectivity index is 2.01. The van der Waals surface area contributed by atoms with Crippen molar-refractivity contribution < 1.29 is 14.4 Å². The molecule has 0 unspecified atom stereocenters. The van der Waals surface area contributed by atoms with Crippen LogP contribution in [0, 0.1) is 5.92 Å². The highest BCUT2D eigenvalue weighted by Gasteiger charge is 2.16. The first-order valence-electron chi connectivity index (χ1n) is 7.62. The standard InChI is InChI=1S/C14H26N4O3/c15-9-13(20)18-10-14(21)17-7-6-16-12(19)8-11-4-2-1-3-5-11/h11H,1-10,15H2,(H,16,19)(H,17,21)(H,18,20). The molecule has 1 saturated carbocycles. The summed E-state index contributed by atoms with van der Waals surface area (Å²) in [5, 5.41) is 7.78. The van der Waals surface area contributed by atoms with Gasteiger partial charge < -0.3 is 21.7 Å². The molecular weight excluding hydrogens is 272 g/mol. The van der Waals surface area contributed by atoms with Crippen LogP contribution in [0.25, 0.3) is 0 Å². The average molecular weight is 298 g/mol. The van der Waals surface area contributed by atoms with E-state index in [0.717, 1.165) is 12.8 Å². The van der Waals surface area contributed by atoms with Crippen LogP contribution in [0.15, 0.2) is 0 Å². The van der Waals surface area contributed by atoms with Gasteiger partial charge in [0.15, 0.2) is 0 Å². The molecule has 0 aromatic rings. The van der Waals surface area contributed by atoms with Crippen molar-refractivity contribution in [1.82, 2.24) is 16.0 Å². The lowest BCUT2D eigenvalue weighted by Gasteiger charge is -2.20. The number of rotatable bonds is 8. The van der Waals surface area contributed by atoms with Gasteiger partial charge in [0.2, 0.25) is 17.7 Å². The number of hydrogen-bond acceptors (Lipinski definition) is 4. The van der Waals surface area contributed by atoms with Crippen LogP contribution < -0.4 is 21.7 Å². The van der Waals surface area contributed by atoms with Crippen molar-refractivity contribution in [3.8, 4) is 0 Å². The maximum absolute atomic E-state index is 11.7. The second-order valence-electron chi connectivity index (χ2n) is 5.39. The van der Waals surface area contributed by atoms with Crippen LogP contribution in [-0.2, 0) is 14.4 Å². The molecule has 1 fully saturated rings. The van der Waals surface area contributed by atoms with Crippen molar-refractivity contribution >= 4 is 17.7 Å². The summed E-state index contributed by atoms with van der Waals surface area (Å²) < 4.78 is 0. The fourth-order valence-electron chi connectivity index (χ4n) is 2.44. The quantitative estimate of drug-likeness (QED) is 0.442. The van der Waals surface area contributed by atoms with E-state index in [2.05, 4.69) is 16.0 Å². The largest absolute Gasteiger partial charge is 0.354 e. The van der Waals surface area contributed by atoms with Gasteiger partial charge in [-0.15, -0.1) is 0 Å². The monoisotopic (exact) mass is 298 g/mol. The molecule has 7 nitrogen and oxygen atoms in total. The summed E-state index contributed by atoms with van der Waals surface area (Å²) in [6.45, 7) is 0.534. The summed E-state index contributed by atoms with van der Waals surface area (Å²) in [4.78, 5) is 33.9. The first-order chi connectivity index (χ1) is 10.1. The summed E-state index contributed by atoms with van der Waals surface area (Å²) in [6, 6.07) is 0. The Kier molecular flexibility index (Phi) is 8.42. The normalized spacial score (nSPS) is 15.3. The molecule has 0 radical (unpaired) electrons. The topological polar surface area (TPSA) is 113 Å². The van der Waals surface area contributed by atoms with Gasteiger partial charge in [-0.05, 0) is 18.8 Å². The van der Waals surface area contributed by atoms with Crippen LogP contribution >= 0.6 is 0 Å². The molecular formula is C14H26N4O3. The molecule has 0 spiro atoms. The number of carbonyl (C=O) groups excluding carboxylic acids is 3. The molecule has 0 aromatic heterocycles. The molecule has 0 saturated heterocycles. The van der Waals surface area contributed by atoms with E-state index in [0.29, 0.717) is 25.4 Å². The third-order valence-corrected chi connectivity index (χ3v) is 3.60. The Morgan fingerprint density at radius 2 is 1.48 bits per heavy atom. The number of carbonyl (C=O) groups is 3. The van der Waals surface area contributed by atoms with Crippen molar-refractivity contribution in [2.45, 2.75) is 38.5 Å². The summed E-state index contributed by atoms with van der Waals surface area (Å²) in [5.74, 6) is -0.100. The van der Waals surface area contributed by atoms with Gasteiger partial charge in [0, 0.05) is 19.5 Å². The second kappa shape index (κ2) is 10.1. The smallest absolute Gasteiger partial charge is 0.239 e. The van der Waals surface area contributed by atoms with Crippen LogP contribution in [0.5, 0.6) is 0 Å². The van der Waals surface area contributed by atoms with Crippen LogP contribution in [0.3, 0.4) is 0 Å². The summed E-state index contributed by atoms with van der Waals surface area (Å²) in [5.41, 5.74) is 5.10. The maximum atomic E-state index is 11.7. The molecule has 1 rings (SSSR count). The van der Waals surface area contributed by atoms with Gasteiger partial charge in [0.05, 0.1) is 13.1 Å². The van der Waals surface area contributed by atoms with E-state index >= 15 is 0 Å². The minimum Gasteiger partial charge on any atom is -0.354 e. The van der Waals surface area contributed by atoms with Gasteiger partial charge in [0.1, 0.15) is 0 Å². The van der Waals surface area contributed by atoms with Gasteiger partial charge in [-0.25, -0.2) is 0 Å². The zero-order valence-electron chi connectivity index (χ0n) is 12.5. The van der Waals surface area contributed by atoms with E-state index in [1.165, 1.54) is 19.3 Å². The molecule has 0 aromatic carbocycles. The molecule has 3 amide bonds. The number of nitrogens with one attached hydrogen (secondary N) is 3. The Morgan fingerprint density at radius 3 is 2.10 bits per heavy atom. The zero-order valence-corrected chi connectivity index (χ0v) is 12.5. The van der Waals surface area contributed by atoms with E-state index in [1.807, 2.05) is 0 Å². The average Bonchev–Trinajstić information content (AvgIpc) is 2.50. The first-order valence-corrected chi connectivity index (χ1v) is 7.62. The van der Waals surface area contributed by atoms with Crippen LogP contribution in [0.1, 0.15) is 38.5 Å². The second-order valence-corrected chi connectivity index (χ2v) is 5.39. The van der Waals surface area contributed by atoms with E-state index in [1.54, 1.807) is 0 Å². The Morgan fingerprint density at radius 1 is 0.857 bits per heavy atom. The summed E-state index contributed by atoms with van der Waals surface area (Å²) >= 11 is 0. The van der Waals surface area contributed by atoms with Crippen molar-refractivity contribution in [3.05, 3.63) is 0 Å². The van der Waals surface area contributed by atoms with Crippen LogP contribution in [-0.4, -0.2) is 43.9 Å². The molecule has 1 aliphatic carbocycles. The molecule has 21 heavy (non-hydrogen) atoms. The molecule has 1 aliphatic rings. The highest BCUT2D eigenvalue weighted by Crippen LogP contribution is 2.25. The highest BCUT2D eigenvalue weighted by molar-refractivity contribution is 5.85. The molecule has 0 bridgehead atoms. The fourth-order valence-corrected chi connectivity index (χ4v) is 2.44. The molecule has 120 valence electrons. The van der Waals surface area contributed by atoms with Gasteiger partial charge >= 0.3 is 0 Å². The Bertz CT molecular complexity index is 354. The molecule has 0 aliphatic heterocycles. The van der Waals surface area contributed by atoms with E-state index in [-0.39, 0.29) is 30.8 Å². The summed E-state index contributed by atoms with van der Waals surface area (Å²) in [6.07, 6.45) is 6.60. The van der Waals surface area contributed by atoms with E-state index in [9.17, 15) is 14.4 Å².